The zero-order valence-corrected chi connectivity index (χ0v) is 11.5. The average Bonchev–Trinajstić information content (AvgIpc) is 2.70. The number of nitrogens with one attached hydrogen (secondary N) is 2. The van der Waals surface area contributed by atoms with Gasteiger partial charge in [-0.25, -0.2) is 0 Å². The van der Waals surface area contributed by atoms with Crippen LogP contribution in [0.2, 0.25) is 0 Å². The lowest BCUT2D eigenvalue weighted by molar-refractivity contribution is -0.122. The largest absolute Gasteiger partial charge is 0.349 e. The van der Waals surface area contributed by atoms with Crippen LogP contribution in [-0.4, -0.2) is 24.5 Å². The number of benzene rings is 1. The summed E-state index contributed by atoms with van der Waals surface area (Å²) < 4.78 is 0. The summed E-state index contributed by atoms with van der Waals surface area (Å²) in [5, 5.41) is 6.42. The van der Waals surface area contributed by atoms with Crippen molar-refractivity contribution < 1.29 is 4.79 Å². The highest BCUT2D eigenvalue weighted by atomic mass is 16.1. The number of carbonyl (C=O) groups is 1. The van der Waals surface area contributed by atoms with Crippen molar-refractivity contribution in [3.8, 4) is 0 Å². The van der Waals surface area contributed by atoms with Crippen LogP contribution in [0.25, 0.3) is 0 Å². The van der Waals surface area contributed by atoms with E-state index in [0.717, 1.165) is 25.1 Å². The fourth-order valence-electron chi connectivity index (χ4n) is 2.40. The van der Waals surface area contributed by atoms with Crippen molar-refractivity contribution in [2.75, 3.05) is 13.1 Å². The van der Waals surface area contributed by atoms with Gasteiger partial charge in [0.05, 0.1) is 12.0 Å². The maximum absolute atomic E-state index is 12.0. The van der Waals surface area contributed by atoms with Gasteiger partial charge in [-0.3, -0.25) is 4.79 Å². The molecule has 1 unspecified atom stereocenters. The summed E-state index contributed by atoms with van der Waals surface area (Å²) in [5.41, 5.74) is 3.53. The van der Waals surface area contributed by atoms with Crippen LogP contribution >= 0.6 is 0 Å². The molecule has 1 aromatic carbocycles. The molecule has 0 radical (unpaired) electrons. The molecule has 0 bridgehead atoms. The van der Waals surface area contributed by atoms with Crippen molar-refractivity contribution in [2.24, 2.45) is 0 Å². The summed E-state index contributed by atoms with van der Waals surface area (Å²) in [6.07, 6.45) is 1.47. The van der Waals surface area contributed by atoms with E-state index < -0.39 is 0 Å². The summed E-state index contributed by atoms with van der Waals surface area (Å²) >= 11 is 0. The van der Waals surface area contributed by atoms with Crippen molar-refractivity contribution in [1.29, 1.82) is 0 Å². The molecule has 2 rings (SSSR count). The normalized spacial score (nSPS) is 23.1. The van der Waals surface area contributed by atoms with Crippen LogP contribution in [0.15, 0.2) is 18.2 Å². The van der Waals surface area contributed by atoms with E-state index in [9.17, 15) is 4.79 Å². The molecule has 1 aromatic rings. The predicted octanol–water partition coefficient (Wildman–Crippen LogP) is 1.71. The first-order valence-corrected chi connectivity index (χ1v) is 6.56. The molecule has 2 N–H and O–H groups in total. The molecule has 3 nitrogen and oxygen atoms in total. The summed E-state index contributed by atoms with van der Waals surface area (Å²) in [7, 11) is 0. The van der Waals surface area contributed by atoms with Crippen LogP contribution < -0.4 is 10.6 Å². The zero-order chi connectivity index (χ0) is 13.2. The van der Waals surface area contributed by atoms with Crippen molar-refractivity contribution >= 4 is 5.91 Å². The number of hydrogen-bond acceptors (Lipinski definition) is 2. The third kappa shape index (κ3) is 3.10. The van der Waals surface area contributed by atoms with Crippen LogP contribution in [0, 0.1) is 13.8 Å². The van der Waals surface area contributed by atoms with Gasteiger partial charge in [0.25, 0.3) is 0 Å². The van der Waals surface area contributed by atoms with E-state index in [1.54, 1.807) is 0 Å². The van der Waals surface area contributed by atoms with Gasteiger partial charge in [-0.1, -0.05) is 18.2 Å². The molecule has 0 spiro atoms. The maximum atomic E-state index is 12.0. The van der Waals surface area contributed by atoms with E-state index in [1.165, 1.54) is 11.1 Å². The van der Waals surface area contributed by atoms with Gasteiger partial charge in [0.1, 0.15) is 0 Å². The average molecular weight is 246 g/mol. The standard InChI is InChI=1S/C15H22N2O/c1-11-4-5-13(8-12(11)2)9-14(18)17-15(3)6-7-16-10-15/h4-5,8,16H,6-7,9-10H2,1-3H3,(H,17,18). The number of aryl methyl sites for hydroxylation is 2. The third-order valence-electron chi connectivity index (χ3n) is 3.75. The highest BCUT2D eigenvalue weighted by molar-refractivity contribution is 5.79. The second kappa shape index (κ2) is 5.11. The zero-order valence-electron chi connectivity index (χ0n) is 11.5. The van der Waals surface area contributed by atoms with Gasteiger partial charge < -0.3 is 10.6 Å². The number of carbonyl (C=O) groups excluding carboxylic acids is 1. The minimum atomic E-state index is -0.0726. The van der Waals surface area contributed by atoms with Gasteiger partial charge in [-0.15, -0.1) is 0 Å². The second-order valence-corrected chi connectivity index (χ2v) is 5.63. The van der Waals surface area contributed by atoms with Crippen LogP contribution in [0.1, 0.15) is 30.0 Å². The summed E-state index contributed by atoms with van der Waals surface area (Å²) in [6, 6.07) is 6.22. The molecule has 18 heavy (non-hydrogen) atoms. The lowest BCUT2D eigenvalue weighted by atomic mass is 10.00. The Kier molecular flexibility index (Phi) is 3.71. The number of rotatable bonds is 3. The van der Waals surface area contributed by atoms with Crippen LogP contribution in [-0.2, 0) is 11.2 Å². The van der Waals surface area contributed by atoms with Crippen LogP contribution in [0.5, 0.6) is 0 Å². The molecule has 98 valence electrons. The quantitative estimate of drug-likeness (QED) is 0.852. The number of hydrogen-bond donors (Lipinski definition) is 2. The van der Waals surface area contributed by atoms with Gasteiger partial charge >= 0.3 is 0 Å². The molecule has 1 heterocycles. The smallest absolute Gasteiger partial charge is 0.224 e. The fraction of sp³-hybridized carbons (Fsp3) is 0.533. The van der Waals surface area contributed by atoms with E-state index in [1.807, 2.05) is 6.07 Å². The Morgan fingerprint density at radius 1 is 1.39 bits per heavy atom. The molecule has 0 aromatic heterocycles. The molecule has 0 aliphatic carbocycles. The van der Waals surface area contributed by atoms with Gasteiger partial charge in [0.15, 0.2) is 0 Å². The van der Waals surface area contributed by atoms with Crippen LogP contribution in [0.4, 0.5) is 0 Å². The van der Waals surface area contributed by atoms with E-state index in [-0.39, 0.29) is 11.4 Å². The van der Waals surface area contributed by atoms with Crippen molar-refractivity contribution in [2.45, 2.75) is 39.2 Å². The van der Waals surface area contributed by atoms with Gasteiger partial charge in [0.2, 0.25) is 5.91 Å². The molecule has 1 saturated heterocycles. The molecular formula is C15H22N2O. The van der Waals surface area contributed by atoms with Gasteiger partial charge in [-0.2, -0.15) is 0 Å². The molecule has 3 heteroatoms. The monoisotopic (exact) mass is 246 g/mol. The van der Waals surface area contributed by atoms with Gasteiger partial charge in [0, 0.05) is 6.54 Å². The second-order valence-electron chi connectivity index (χ2n) is 5.63. The first kappa shape index (κ1) is 13.1. The van der Waals surface area contributed by atoms with E-state index in [2.05, 4.69) is 43.5 Å². The van der Waals surface area contributed by atoms with Crippen molar-refractivity contribution in [3.63, 3.8) is 0 Å². The molecule has 1 fully saturated rings. The molecule has 1 aliphatic heterocycles. The lowest BCUT2D eigenvalue weighted by Gasteiger charge is -2.24. The first-order chi connectivity index (χ1) is 8.48. The van der Waals surface area contributed by atoms with E-state index in [0.29, 0.717) is 6.42 Å². The summed E-state index contributed by atoms with van der Waals surface area (Å²) in [4.78, 5) is 12.0. The van der Waals surface area contributed by atoms with Crippen LogP contribution in [0.3, 0.4) is 0 Å². The first-order valence-electron chi connectivity index (χ1n) is 6.56. The highest BCUT2D eigenvalue weighted by Crippen LogP contribution is 2.14. The van der Waals surface area contributed by atoms with E-state index in [4.69, 9.17) is 0 Å². The topological polar surface area (TPSA) is 41.1 Å². The van der Waals surface area contributed by atoms with Gasteiger partial charge in [-0.05, 0) is 50.4 Å². The SMILES string of the molecule is Cc1ccc(CC(=O)NC2(C)CCNC2)cc1C. The predicted molar refractivity (Wildman–Crippen MR) is 73.7 cm³/mol. The van der Waals surface area contributed by atoms with Crippen molar-refractivity contribution in [3.05, 3.63) is 34.9 Å². The van der Waals surface area contributed by atoms with Crippen molar-refractivity contribution in [1.82, 2.24) is 10.6 Å². The van der Waals surface area contributed by atoms with E-state index >= 15 is 0 Å². The molecule has 1 amide bonds. The molecular weight excluding hydrogens is 224 g/mol. The Labute approximate surface area is 109 Å². The Morgan fingerprint density at radius 2 is 2.17 bits per heavy atom. The fourth-order valence-corrected chi connectivity index (χ4v) is 2.40. The number of amides is 1. The molecule has 1 atom stereocenters. The Balaban J connectivity index is 1.96. The Morgan fingerprint density at radius 3 is 2.78 bits per heavy atom. The minimum Gasteiger partial charge on any atom is -0.349 e. The lowest BCUT2D eigenvalue weighted by Crippen LogP contribution is -2.48. The third-order valence-corrected chi connectivity index (χ3v) is 3.75. The maximum Gasteiger partial charge on any atom is 0.224 e. The minimum absolute atomic E-state index is 0.0726. The molecule has 1 aliphatic rings. The Hall–Kier alpha value is -1.35. The highest BCUT2D eigenvalue weighted by Gasteiger charge is 2.29. The Bertz CT molecular complexity index is 448. The summed E-state index contributed by atoms with van der Waals surface area (Å²) in [6.45, 7) is 8.13. The summed E-state index contributed by atoms with van der Waals surface area (Å²) in [5.74, 6) is 0.115. The molecule has 0 saturated carbocycles.